The summed E-state index contributed by atoms with van der Waals surface area (Å²) in [5, 5.41) is 28.1. The molecule has 3 N–H and O–H groups in total. The van der Waals surface area contributed by atoms with Crippen LogP contribution in [0.2, 0.25) is 0 Å². The minimum absolute atomic E-state index is 0.163. The third kappa shape index (κ3) is 4.54. The lowest BCUT2D eigenvalue weighted by molar-refractivity contribution is -0.133. The van der Waals surface area contributed by atoms with Crippen LogP contribution < -0.4 is 5.32 Å². The Hall–Kier alpha value is -3.12. The minimum atomic E-state index is -0.956. The largest absolute Gasteiger partial charge is 0.508 e. The maximum Gasteiger partial charge on any atom is 0.333 e. The van der Waals surface area contributed by atoms with Crippen molar-refractivity contribution in [3.05, 3.63) is 75.6 Å². The molecule has 30 heavy (non-hydrogen) atoms. The SMILES string of the molecule is O=C(CCc1ccc2cc(O)ccc2c1)NC1=C(C(=O)O)CC(c2ccsc2)CC1. The van der Waals surface area contributed by atoms with E-state index in [1.54, 1.807) is 23.5 Å². The number of thiophene rings is 1. The van der Waals surface area contributed by atoms with Crippen molar-refractivity contribution in [2.45, 2.75) is 38.0 Å². The summed E-state index contributed by atoms with van der Waals surface area (Å²) in [4.78, 5) is 24.3. The number of carboxylic acids is 1. The molecule has 4 rings (SSSR count). The number of hydrogen-bond donors (Lipinski definition) is 3. The van der Waals surface area contributed by atoms with Gasteiger partial charge in [0, 0.05) is 12.1 Å². The Balaban J connectivity index is 1.40. The van der Waals surface area contributed by atoms with Crippen LogP contribution >= 0.6 is 11.3 Å². The molecule has 1 heterocycles. The molecule has 0 aliphatic heterocycles. The average molecular weight is 422 g/mol. The number of phenolic OH excluding ortho intramolecular Hbond substituents is 1. The number of hydrogen-bond acceptors (Lipinski definition) is 4. The molecule has 2 aromatic carbocycles. The number of carboxylic acid groups (broad SMARTS) is 1. The highest BCUT2D eigenvalue weighted by Gasteiger charge is 2.27. The molecule has 6 heteroatoms. The van der Waals surface area contributed by atoms with E-state index in [0.29, 0.717) is 30.5 Å². The van der Waals surface area contributed by atoms with E-state index in [2.05, 4.69) is 10.7 Å². The van der Waals surface area contributed by atoms with Gasteiger partial charge in [0.25, 0.3) is 0 Å². The highest BCUT2D eigenvalue weighted by Crippen LogP contribution is 2.36. The monoisotopic (exact) mass is 421 g/mol. The van der Waals surface area contributed by atoms with Gasteiger partial charge in [0.05, 0.1) is 5.57 Å². The van der Waals surface area contributed by atoms with Gasteiger partial charge >= 0.3 is 5.97 Å². The summed E-state index contributed by atoms with van der Waals surface area (Å²) < 4.78 is 0. The van der Waals surface area contributed by atoms with E-state index < -0.39 is 5.97 Å². The van der Waals surface area contributed by atoms with E-state index in [1.807, 2.05) is 35.7 Å². The van der Waals surface area contributed by atoms with Crippen LogP contribution in [0, 0.1) is 0 Å². The first kappa shape index (κ1) is 20.2. The highest BCUT2D eigenvalue weighted by atomic mass is 32.1. The highest BCUT2D eigenvalue weighted by molar-refractivity contribution is 7.08. The molecule has 154 valence electrons. The molecule has 1 unspecified atom stereocenters. The van der Waals surface area contributed by atoms with Crippen molar-refractivity contribution in [1.29, 1.82) is 0 Å². The molecule has 0 saturated carbocycles. The molecule has 0 fully saturated rings. The molecule has 1 aliphatic rings. The smallest absolute Gasteiger partial charge is 0.333 e. The quantitative estimate of drug-likeness (QED) is 0.525. The molecule has 0 bridgehead atoms. The first-order valence-corrected chi connectivity index (χ1v) is 10.9. The summed E-state index contributed by atoms with van der Waals surface area (Å²) in [5.41, 5.74) is 3.06. The van der Waals surface area contributed by atoms with E-state index in [9.17, 15) is 19.8 Å². The first-order valence-electron chi connectivity index (χ1n) is 9.98. The minimum Gasteiger partial charge on any atom is -0.508 e. The lowest BCUT2D eigenvalue weighted by atomic mass is 9.83. The van der Waals surface area contributed by atoms with Crippen LogP contribution in [0.1, 0.15) is 42.7 Å². The number of aryl methyl sites for hydroxylation is 1. The summed E-state index contributed by atoms with van der Waals surface area (Å²) in [7, 11) is 0. The maximum absolute atomic E-state index is 12.5. The second-order valence-corrected chi connectivity index (χ2v) is 8.45. The molecule has 1 amide bonds. The summed E-state index contributed by atoms with van der Waals surface area (Å²) in [6, 6.07) is 13.1. The van der Waals surface area contributed by atoms with Crippen molar-refractivity contribution in [3.8, 4) is 5.75 Å². The Morgan fingerprint density at radius 2 is 1.90 bits per heavy atom. The Kier molecular flexibility index (Phi) is 5.86. The van der Waals surface area contributed by atoms with Gasteiger partial charge in [-0.1, -0.05) is 24.3 Å². The average Bonchev–Trinajstić information content (AvgIpc) is 3.27. The fraction of sp³-hybridized carbons (Fsp3) is 0.250. The molecular weight excluding hydrogens is 398 g/mol. The number of aromatic hydroxyl groups is 1. The lowest BCUT2D eigenvalue weighted by Crippen LogP contribution is -2.29. The summed E-state index contributed by atoms with van der Waals surface area (Å²) >= 11 is 1.61. The number of amides is 1. The predicted octanol–water partition coefficient (Wildman–Crippen LogP) is 4.96. The van der Waals surface area contributed by atoms with Gasteiger partial charge in [0.15, 0.2) is 0 Å². The number of rotatable bonds is 6. The number of aliphatic carboxylic acids is 1. The van der Waals surface area contributed by atoms with Crippen molar-refractivity contribution >= 4 is 34.0 Å². The zero-order valence-electron chi connectivity index (χ0n) is 16.4. The van der Waals surface area contributed by atoms with Crippen LogP contribution in [0.4, 0.5) is 0 Å². The molecule has 0 saturated heterocycles. The number of carbonyl (C=O) groups is 2. The van der Waals surface area contributed by atoms with E-state index in [0.717, 1.165) is 22.8 Å². The van der Waals surface area contributed by atoms with Gasteiger partial charge in [0.1, 0.15) is 5.75 Å². The van der Waals surface area contributed by atoms with Gasteiger partial charge in [-0.15, -0.1) is 0 Å². The number of phenols is 1. The third-order valence-electron chi connectivity index (χ3n) is 5.65. The summed E-state index contributed by atoms with van der Waals surface area (Å²) in [5.74, 6) is -0.697. The topological polar surface area (TPSA) is 86.6 Å². The molecule has 3 aromatic rings. The van der Waals surface area contributed by atoms with Crippen molar-refractivity contribution in [1.82, 2.24) is 5.32 Å². The van der Waals surface area contributed by atoms with Crippen LogP contribution in [-0.2, 0) is 16.0 Å². The Morgan fingerprint density at radius 1 is 1.10 bits per heavy atom. The zero-order valence-corrected chi connectivity index (χ0v) is 17.2. The van der Waals surface area contributed by atoms with Crippen molar-refractivity contribution in [2.24, 2.45) is 0 Å². The first-order chi connectivity index (χ1) is 14.5. The van der Waals surface area contributed by atoms with Gasteiger partial charge in [0.2, 0.25) is 5.91 Å². The van der Waals surface area contributed by atoms with Gasteiger partial charge in [-0.3, -0.25) is 4.79 Å². The van der Waals surface area contributed by atoms with E-state index >= 15 is 0 Å². The van der Waals surface area contributed by atoms with Gasteiger partial charge in [-0.2, -0.15) is 11.3 Å². The van der Waals surface area contributed by atoms with Crippen LogP contribution in [-0.4, -0.2) is 22.1 Å². The van der Waals surface area contributed by atoms with Crippen LogP contribution in [0.3, 0.4) is 0 Å². The van der Waals surface area contributed by atoms with Gasteiger partial charge in [-0.05, 0) is 82.5 Å². The molecule has 1 atom stereocenters. The number of carbonyl (C=O) groups excluding carboxylic acids is 1. The number of nitrogens with one attached hydrogen (secondary N) is 1. The third-order valence-corrected chi connectivity index (χ3v) is 6.35. The second-order valence-electron chi connectivity index (χ2n) is 7.67. The van der Waals surface area contributed by atoms with Gasteiger partial charge in [-0.25, -0.2) is 4.79 Å². The van der Waals surface area contributed by atoms with Crippen LogP contribution in [0.5, 0.6) is 5.75 Å². The van der Waals surface area contributed by atoms with Crippen molar-refractivity contribution < 1.29 is 19.8 Å². The predicted molar refractivity (Wildman–Crippen MR) is 118 cm³/mol. The maximum atomic E-state index is 12.5. The van der Waals surface area contributed by atoms with E-state index in [-0.39, 0.29) is 24.0 Å². The normalized spacial score (nSPS) is 16.6. The Labute approximate surface area is 178 Å². The number of benzene rings is 2. The van der Waals surface area contributed by atoms with Crippen molar-refractivity contribution in [3.63, 3.8) is 0 Å². The summed E-state index contributed by atoms with van der Waals surface area (Å²) in [6.07, 6.45) is 2.69. The van der Waals surface area contributed by atoms with E-state index in [1.165, 1.54) is 5.56 Å². The number of fused-ring (bicyclic) bond motifs is 1. The molecule has 1 aliphatic carbocycles. The Morgan fingerprint density at radius 3 is 2.67 bits per heavy atom. The lowest BCUT2D eigenvalue weighted by Gasteiger charge is -2.25. The molecule has 0 spiro atoms. The van der Waals surface area contributed by atoms with Crippen molar-refractivity contribution in [2.75, 3.05) is 0 Å². The van der Waals surface area contributed by atoms with E-state index in [4.69, 9.17) is 0 Å². The standard InChI is InChI=1S/C24H23NO4S/c26-20-6-4-16-11-15(1-3-17(16)12-20)2-8-23(27)25-22-7-5-18(13-21(22)24(28)29)19-9-10-30-14-19/h1,3-4,6,9-12,14,18,26H,2,5,7-8,13H2,(H,25,27)(H,28,29). The molecule has 5 nitrogen and oxygen atoms in total. The molecule has 1 aromatic heterocycles. The summed E-state index contributed by atoms with van der Waals surface area (Å²) in [6.45, 7) is 0. The van der Waals surface area contributed by atoms with Crippen LogP contribution in [0.25, 0.3) is 10.8 Å². The van der Waals surface area contributed by atoms with Gasteiger partial charge < -0.3 is 15.5 Å². The zero-order chi connectivity index (χ0) is 21.1. The fourth-order valence-corrected chi connectivity index (χ4v) is 4.76. The molecule has 0 radical (unpaired) electrons. The molecular formula is C24H23NO4S. The fourth-order valence-electron chi connectivity index (χ4n) is 4.01. The number of allylic oxidation sites excluding steroid dienone is 1. The second kappa shape index (κ2) is 8.71. The van der Waals surface area contributed by atoms with Crippen LogP contribution in [0.15, 0.2) is 64.5 Å². The Bertz CT molecular complexity index is 1120.